The summed E-state index contributed by atoms with van der Waals surface area (Å²) in [4.78, 5) is 2.61. The Hall–Kier alpha value is -1.86. The van der Waals surface area contributed by atoms with Crippen LogP contribution in [0.3, 0.4) is 0 Å². The molecule has 1 aliphatic rings. The summed E-state index contributed by atoms with van der Waals surface area (Å²) >= 11 is 0. The summed E-state index contributed by atoms with van der Waals surface area (Å²) in [5.41, 5.74) is 5.82. The van der Waals surface area contributed by atoms with Gasteiger partial charge >= 0.3 is 0 Å². The molecule has 0 N–H and O–H groups in total. The molecule has 2 atom stereocenters. The second-order valence-corrected chi connectivity index (χ2v) is 6.45. The maximum Gasteiger partial charge on any atom is 0.0245 e. The van der Waals surface area contributed by atoms with Crippen LogP contribution in [-0.2, 0) is 6.54 Å². The molecule has 0 amide bonds. The first-order valence-corrected chi connectivity index (χ1v) is 8.20. The van der Waals surface area contributed by atoms with Gasteiger partial charge in [-0.15, -0.1) is 0 Å². The van der Waals surface area contributed by atoms with Crippen LogP contribution in [0.2, 0.25) is 0 Å². The molecule has 0 radical (unpaired) electrons. The van der Waals surface area contributed by atoms with E-state index in [0.29, 0.717) is 12.0 Å². The van der Waals surface area contributed by atoms with Crippen LogP contribution in [0, 0.1) is 5.92 Å². The summed E-state index contributed by atoms with van der Waals surface area (Å²) in [5.74, 6) is 0.590. The zero-order valence-corrected chi connectivity index (χ0v) is 13.8. The molecule has 3 rings (SSSR count). The van der Waals surface area contributed by atoms with Gasteiger partial charge in [-0.3, -0.25) is 4.90 Å². The lowest BCUT2D eigenvalue weighted by atomic mass is 9.83. The van der Waals surface area contributed by atoms with Gasteiger partial charge in [-0.1, -0.05) is 73.2 Å². The Labute approximate surface area is 134 Å². The van der Waals surface area contributed by atoms with Crippen LogP contribution in [0.5, 0.6) is 0 Å². The molecular formula is C21H25N. The summed E-state index contributed by atoms with van der Waals surface area (Å²) in [6.07, 6.45) is 0. The molecule has 0 unspecified atom stereocenters. The van der Waals surface area contributed by atoms with Gasteiger partial charge in [0.1, 0.15) is 0 Å². The van der Waals surface area contributed by atoms with Gasteiger partial charge < -0.3 is 0 Å². The lowest BCUT2D eigenvalue weighted by Gasteiger charge is -2.40. The number of rotatable bonds is 3. The molecule has 1 heteroatoms. The molecule has 1 heterocycles. The molecule has 1 aliphatic heterocycles. The topological polar surface area (TPSA) is 3.24 Å². The van der Waals surface area contributed by atoms with Gasteiger partial charge in [0.2, 0.25) is 0 Å². The minimum atomic E-state index is 0.577. The molecule has 0 aliphatic carbocycles. The van der Waals surface area contributed by atoms with Crippen molar-refractivity contribution in [1.82, 2.24) is 4.90 Å². The number of benzene rings is 2. The second kappa shape index (κ2) is 6.50. The zero-order valence-electron chi connectivity index (χ0n) is 13.8. The van der Waals surface area contributed by atoms with E-state index in [9.17, 15) is 0 Å². The summed E-state index contributed by atoms with van der Waals surface area (Å²) in [6.45, 7) is 9.09. The predicted octanol–water partition coefficient (Wildman–Crippen LogP) is 5.00. The van der Waals surface area contributed by atoms with Crippen LogP contribution in [0.1, 0.15) is 31.9 Å². The molecule has 0 fully saturated rings. The minimum Gasteiger partial charge on any atom is -0.292 e. The zero-order chi connectivity index (χ0) is 15.5. The monoisotopic (exact) mass is 291 g/mol. The molecule has 2 aromatic carbocycles. The van der Waals surface area contributed by atoms with Crippen LogP contribution in [0.25, 0.3) is 5.57 Å². The molecule has 1 nitrogen and oxygen atoms in total. The summed E-state index contributed by atoms with van der Waals surface area (Å²) < 4.78 is 0. The molecule has 114 valence electrons. The van der Waals surface area contributed by atoms with Crippen molar-refractivity contribution in [2.24, 2.45) is 5.92 Å². The summed E-state index contributed by atoms with van der Waals surface area (Å²) in [7, 11) is 0. The average molecular weight is 291 g/mol. The van der Waals surface area contributed by atoms with Crippen LogP contribution >= 0.6 is 0 Å². The van der Waals surface area contributed by atoms with E-state index < -0.39 is 0 Å². The van der Waals surface area contributed by atoms with Crippen LogP contribution in [-0.4, -0.2) is 17.5 Å². The van der Waals surface area contributed by atoms with Crippen LogP contribution in [0.15, 0.2) is 66.2 Å². The quantitative estimate of drug-likeness (QED) is 0.769. The minimum absolute atomic E-state index is 0.577. The number of hydrogen-bond donors (Lipinski definition) is 0. The van der Waals surface area contributed by atoms with Gasteiger partial charge in [0, 0.05) is 19.1 Å². The maximum atomic E-state index is 2.61. The highest BCUT2D eigenvalue weighted by Gasteiger charge is 2.29. The van der Waals surface area contributed by atoms with E-state index in [1.54, 1.807) is 5.57 Å². The molecule has 22 heavy (non-hydrogen) atoms. The molecule has 2 aromatic rings. The highest BCUT2D eigenvalue weighted by molar-refractivity contribution is 5.71. The SMILES string of the molecule is CC1=C(c2ccccc2)CN(Cc2ccccc2)[C@@H](C)[C@H]1C. The Bertz CT molecular complexity index is 642. The van der Waals surface area contributed by atoms with Crippen molar-refractivity contribution >= 4 is 5.57 Å². The molecule has 0 aromatic heterocycles. The lowest BCUT2D eigenvalue weighted by Crippen LogP contribution is -2.42. The van der Waals surface area contributed by atoms with Gasteiger partial charge in [-0.05, 0) is 36.5 Å². The first-order chi connectivity index (χ1) is 10.7. The van der Waals surface area contributed by atoms with Crippen molar-refractivity contribution in [2.75, 3.05) is 6.54 Å². The highest BCUT2D eigenvalue weighted by Crippen LogP contribution is 2.34. The fourth-order valence-electron chi connectivity index (χ4n) is 3.40. The highest BCUT2D eigenvalue weighted by atomic mass is 15.2. The van der Waals surface area contributed by atoms with E-state index in [1.807, 2.05) is 0 Å². The van der Waals surface area contributed by atoms with Gasteiger partial charge in [0.25, 0.3) is 0 Å². The van der Waals surface area contributed by atoms with Crippen molar-refractivity contribution in [1.29, 1.82) is 0 Å². The first-order valence-electron chi connectivity index (χ1n) is 8.20. The fourth-order valence-corrected chi connectivity index (χ4v) is 3.40. The standard InChI is InChI=1S/C21H25N/c1-16-17(2)21(20-12-8-5-9-13-20)15-22(18(16)3)14-19-10-6-4-7-11-19/h4-13,16,18H,14-15H2,1-3H3/t16-,18-/m0/s1. The van der Waals surface area contributed by atoms with E-state index >= 15 is 0 Å². The van der Waals surface area contributed by atoms with E-state index in [4.69, 9.17) is 0 Å². The molecule has 0 bridgehead atoms. The van der Waals surface area contributed by atoms with Gasteiger partial charge in [0.05, 0.1) is 0 Å². The van der Waals surface area contributed by atoms with Crippen molar-refractivity contribution in [3.05, 3.63) is 77.4 Å². The van der Waals surface area contributed by atoms with E-state index in [-0.39, 0.29) is 0 Å². The predicted molar refractivity (Wildman–Crippen MR) is 94.5 cm³/mol. The third-order valence-corrected chi connectivity index (χ3v) is 5.17. The first kappa shape index (κ1) is 15.1. The molecule has 0 spiro atoms. The van der Waals surface area contributed by atoms with Crippen molar-refractivity contribution < 1.29 is 0 Å². The van der Waals surface area contributed by atoms with Gasteiger partial charge in [0.15, 0.2) is 0 Å². The second-order valence-electron chi connectivity index (χ2n) is 6.45. The maximum absolute atomic E-state index is 2.61. The number of hydrogen-bond acceptors (Lipinski definition) is 1. The van der Waals surface area contributed by atoms with E-state index in [0.717, 1.165) is 13.1 Å². The summed E-state index contributed by atoms with van der Waals surface area (Å²) in [5, 5.41) is 0. The van der Waals surface area contributed by atoms with Crippen molar-refractivity contribution in [3.8, 4) is 0 Å². The normalized spacial score (nSPS) is 22.9. The Balaban J connectivity index is 1.89. The Morgan fingerprint density at radius 2 is 1.50 bits per heavy atom. The van der Waals surface area contributed by atoms with Crippen LogP contribution in [0.4, 0.5) is 0 Å². The van der Waals surface area contributed by atoms with Crippen molar-refractivity contribution in [3.63, 3.8) is 0 Å². The van der Waals surface area contributed by atoms with Gasteiger partial charge in [-0.2, -0.15) is 0 Å². The fraction of sp³-hybridized carbons (Fsp3) is 0.333. The molecule has 0 saturated carbocycles. The van der Waals surface area contributed by atoms with Gasteiger partial charge in [-0.25, -0.2) is 0 Å². The third kappa shape index (κ3) is 3.00. The lowest BCUT2D eigenvalue weighted by molar-refractivity contribution is 0.176. The number of nitrogens with zero attached hydrogens (tertiary/aromatic N) is 1. The van der Waals surface area contributed by atoms with Crippen LogP contribution < -0.4 is 0 Å². The van der Waals surface area contributed by atoms with E-state index in [1.165, 1.54) is 16.7 Å². The van der Waals surface area contributed by atoms with Crippen molar-refractivity contribution in [2.45, 2.75) is 33.4 Å². The third-order valence-electron chi connectivity index (χ3n) is 5.17. The molecular weight excluding hydrogens is 266 g/mol. The molecule has 0 saturated heterocycles. The smallest absolute Gasteiger partial charge is 0.0245 e. The Morgan fingerprint density at radius 1 is 0.909 bits per heavy atom. The van der Waals surface area contributed by atoms with E-state index in [2.05, 4.69) is 86.3 Å². The Morgan fingerprint density at radius 3 is 2.14 bits per heavy atom. The largest absolute Gasteiger partial charge is 0.292 e. The Kier molecular flexibility index (Phi) is 4.44. The average Bonchev–Trinajstić information content (AvgIpc) is 2.57. The summed E-state index contributed by atoms with van der Waals surface area (Å²) in [6, 6.07) is 22.2.